The van der Waals surface area contributed by atoms with Crippen molar-refractivity contribution in [2.75, 3.05) is 25.1 Å². The van der Waals surface area contributed by atoms with Crippen LogP contribution in [0.5, 0.6) is 0 Å². The van der Waals surface area contributed by atoms with Gasteiger partial charge in [-0.15, -0.1) is 12.3 Å². The maximum absolute atomic E-state index is 14.3. The number of carbonyl (C=O) groups is 5. The zero-order valence-corrected chi connectivity index (χ0v) is 30.0. The third kappa shape index (κ3) is 9.94. The number of ketones is 1. The van der Waals surface area contributed by atoms with Gasteiger partial charge in [0.2, 0.25) is 17.6 Å². The fourth-order valence-electron chi connectivity index (χ4n) is 7.53. The second-order valence-electron chi connectivity index (χ2n) is 15.6. The van der Waals surface area contributed by atoms with Gasteiger partial charge in [0.25, 0.3) is 5.91 Å². The highest BCUT2D eigenvalue weighted by molar-refractivity contribution is 7.90. The summed E-state index contributed by atoms with van der Waals surface area (Å²) in [5.74, 6) is -0.420. The predicted molar refractivity (Wildman–Crippen MR) is 180 cm³/mol. The molecule has 264 valence electrons. The molecule has 13 heteroatoms. The predicted octanol–water partition coefficient (Wildman–Crippen LogP) is 2.31. The first-order valence-electron chi connectivity index (χ1n) is 16.9. The average molecular weight is 678 g/mol. The van der Waals surface area contributed by atoms with Crippen LogP contribution in [0.2, 0.25) is 0 Å². The van der Waals surface area contributed by atoms with Crippen molar-refractivity contribution in [3.8, 4) is 12.3 Å². The average Bonchev–Trinajstić information content (AvgIpc) is 3.26. The van der Waals surface area contributed by atoms with E-state index in [1.54, 1.807) is 0 Å². The lowest BCUT2D eigenvalue weighted by Crippen LogP contribution is -2.62. The number of likely N-dealkylation sites (tertiary alicyclic amines) is 1. The zero-order chi connectivity index (χ0) is 35.4. The third-order valence-electron chi connectivity index (χ3n) is 9.88. The summed E-state index contributed by atoms with van der Waals surface area (Å²) in [7, 11) is -3.40. The van der Waals surface area contributed by atoms with Crippen molar-refractivity contribution in [1.29, 1.82) is 0 Å². The highest BCUT2D eigenvalue weighted by atomic mass is 32.2. The van der Waals surface area contributed by atoms with E-state index in [2.05, 4.69) is 27.2 Å². The standard InChI is InChI=1S/C34H55N5O7S/c1-9-11-15-23(27(40)29(42)35-18-10-2)36-28(41)26-25-22(33(25,6)7)20-39(26)30(43)24(19-32(3,4)5)37-31(44)38-34(21-47(8,45)46)16-13-12-14-17-34/h1,22-26H,10-21H2,2-8H3,(H,35,42)(H,36,41)(H2,37,38,44). The first-order chi connectivity index (χ1) is 21.7. The van der Waals surface area contributed by atoms with Crippen LogP contribution in [0.25, 0.3) is 0 Å². The highest BCUT2D eigenvalue weighted by Crippen LogP contribution is 2.65. The molecule has 0 bridgehead atoms. The Balaban J connectivity index is 1.86. The Morgan fingerprint density at radius 2 is 1.66 bits per heavy atom. The van der Waals surface area contributed by atoms with Crippen molar-refractivity contribution in [3.63, 3.8) is 0 Å². The Bertz CT molecular complexity index is 1360. The van der Waals surface area contributed by atoms with E-state index in [4.69, 9.17) is 6.42 Å². The number of urea groups is 1. The first-order valence-corrected chi connectivity index (χ1v) is 18.9. The van der Waals surface area contributed by atoms with Gasteiger partial charge in [-0.2, -0.15) is 0 Å². The monoisotopic (exact) mass is 677 g/mol. The lowest BCUT2D eigenvalue weighted by Gasteiger charge is -2.39. The molecule has 5 amide bonds. The fraction of sp³-hybridized carbons (Fsp3) is 0.794. The normalized spacial score (nSPS) is 24.1. The van der Waals surface area contributed by atoms with Gasteiger partial charge in [-0.1, -0.05) is 60.8 Å². The van der Waals surface area contributed by atoms with Crippen molar-refractivity contribution in [3.05, 3.63) is 0 Å². The minimum atomic E-state index is -3.40. The van der Waals surface area contributed by atoms with Gasteiger partial charge in [0.05, 0.1) is 17.3 Å². The van der Waals surface area contributed by atoms with Gasteiger partial charge in [0.15, 0.2) is 0 Å². The van der Waals surface area contributed by atoms with Crippen LogP contribution in [-0.4, -0.2) is 91.6 Å². The highest BCUT2D eigenvalue weighted by Gasteiger charge is 2.69. The van der Waals surface area contributed by atoms with E-state index in [-0.39, 0.29) is 47.7 Å². The van der Waals surface area contributed by atoms with Crippen molar-refractivity contribution < 1.29 is 32.4 Å². The smallest absolute Gasteiger partial charge is 0.315 e. The fourth-order valence-corrected chi connectivity index (χ4v) is 8.90. The number of terminal acetylenes is 1. The maximum Gasteiger partial charge on any atom is 0.315 e. The summed E-state index contributed by atoms with van der Waals surface area (Å²) >= 11 is 0. The molecule has 0 radical (unpaired) electrons. The molecule has 3 aliphatic rings. The van der Waals surface area contributed by atoms with Crippen LogP contribution in [0, 0.1) is 35.0 Å². The Morgan fingerprint density at radius 1 is 1.02 bits per heavy atom. The minimum Gasteiger partial charge on any atom is -0.349 e. The van der Waals surface area contributed by atoms with Gasteiger partial charge >= 0.3 is 6.03 Å². The second kappa shape index (κ2) is 15.0. The summed E-state index contributed by atoms with van der Waals surface area (Å²) in [6.45, 7) is 12.4. The summed E-state index contributed by atoms with van der Waals surface area (Å²) in [5.41, 5.74) is -1.53. The molecule has 3 rings (SSSR count). The van der Waals surface area contributed by atoms with Gasteiger partial charge in [-0.25, -0.2) is 13.2 Å². The molecule has 1 saturated heterocycles. The minimum absolute atomic E-state index is 0.0410. The van der Waals surface area contributed by atoms with E-state index in [1.165, 1.54) is 4.90 Å². The van der Waals surface area contributed by atoms with E-state index in [9.17, 15) is 32.4 Å². The van der Waals surface area contributed by atoms with Gasteiger partial charge in [0, 0.05) is 25.8 Å². The van der Waals surface area contributed by atoms with E-state index in [0.717, 1.165) is 25.5 Å². The topological polar surface area (TPSA) is 171 Å². The SMILES string of the molecule is C#CCCC(NC(=O)C1C2C(CN1C(=O)C(CC(C)(C)C)NC(=O)NC1(CS(C)(=O)=O)CCCCC1)C2(C)C)C(=O)C(=O)NCCC. The van der Waals surface area contributed by atoms with Crippen LogP contribution in [0.3, 0.4) is 0 Å². The molecule has 5 unspecified atom stereocenters. The number of carbonyl (C=O) groups excluding carboxylic acids is 5. The zero-order valence-electron chi connectivity index (χ0n) is 29.2. The van der Waals surface area contributed by atoms with Crippen LogP contribution in [0.1, 0.15) is 99.3 Å². The Labute approximate surface area is 280 Å². The lowest BCUT2D eigenvalue weighted by atomic mass is 9.83. The number of piperidine rings is 1. The van der Waals surface area contributed by atoms with E-state index >= 15 is 0 Å². The molecule has 2 saturated carbocycles. The number of fused-ring (bicyclic) bond motifs is 1. The molecule has 0 aromatic heterocycles. The third-order valence-corrected chi connectivity index (χ3v) is 11.0. The molecule has 5 atom stereocenters. The van der Waals surface area contributed by atoms with E-state index in [0.29, 0.717) is 32.4 Å². The van der Waals surface area contributed by atoms with Gasteiger partial charge in [-0.05, 0) is 54.8 Å². The van der Waals surface area contributed by atoms with Crippen molar-refractivity contribution >= 4 is 39.4 Å². The summed E-state index contributed by atoms with van der Waals surface area (Å²) < 4.78 is 24.6. The molecule has 0 aromatic carbocycles. The largest absolute Gasteiger partial charge is 0.349 e. The van der Waals surface area contributed by atoms with Crippen LogP contribution in [-0.2, 0) is 29.0 Å². The Morgan fingerprint density at radius 3 is 2.21 bits per heavy atom. The number of hydrogen-bond acceptors (Lipinski definition) is 7. The molecular weight excluding hydrogens is 622 g/mol. The molecule has 2 aliphatic carbocycles. The number of amides is 5. The van der Waals surface area contributed by atoms with Gasteiger partial charge in [0.1, 0.15) is 21.9 Å². The van der Waals surface area contributed by atoms with Crippen molar-refractivity contribution in [1.82, 2.24) is 26.2 Å². The number of rotatable bonds is 14. The van der Waals surface area contributed by atoms with Gasteiger partial charge in [-0.3, -0.25) is 19.2 Å². The van der Waals surface area contributed by atoms with E-state index < -0.39 is 63.0 Å². The second-order valence-corrected chi connectivity index (χ2v) is 17.8. The Hall–Kier alpha value is -3.14. The molecular formula is C34H55N5O7S. The quantitative estimate of drug-likeness (QED) is 0.161. The summed E-state index contributed by atoms with van der Waals surface area (Å²) in [6, 6.07) is -3.68. The van der Waals surface area contributed by atoms with Crippen molar-refractivity contribution in [2.24, 2.45) is 22.7 Å². The van der Waals surface area contributed by atoms with Crippen LogP contribution < -0.4 is 21.3 Å². The number of nitrogens with one attached hydrogen (secondary N) is 4. The Kier molecular flexibility index (Phi) is 12.2. The summed E-state index contributed by atoms with van der Waals surface area (Å²) in [4.78, 5) is 68.9. The molecule has 0 spiro atoms. The van der Waals surface area contributed by atoms with Crippen LogP contribution >= 0.6 is 0 Å². The van der Waals surface area contributed by atoms with E-state index in [1.807, 2.05) is 41.5 Å². The molecule has 0 aromatic rings. The number of Topliss-reactive ketones (excluding diaryl/α,β-unsaturated/α-hetero) is 1. The molecule has 12 nitrogen and oxygen atoms in total. The number of hydrogen-bond donors (Lipinski definition) is 4. The van der Waals surface area contributed by atoms with Crippen LogP contribution in [0.4, 0.5) is 4.79 Å². The molecule has 1 heterocycles. The maximum atomic E-state index is 14.3. The van der Waals surface area contributed by atoms with Crippen molar-refractivity contribution in [2.45, 2.75) is 123 Å². The summed E-state index contributed by atoms with van der Waals surface area (Å²) in [5, 5.41) is 11.1. The van der Waals surface area contributed by atoms with Crippen LogP contribution in [0.15, 0.2) is 0 Å². The molecule has 47 heavy (non-hydrogen) atoms. The molecule has 3 fully saturated rings. The lowest BCUT2D eigenvalue weighted by molar-refractivity contribution is -0.144. The first kappa shape index (κ1) is 38.3. The summed E-state index contributed by atoms with van der Waals surface area (Å²) in [6.07, 6.45) is 11.3. The molecule has 1 aliphatic heterocycles. The van der Waals surface area contributed by atoms with Gasteiger partial charge < -0.3 is 26.2 Å². The number of nitrogens with zero attached hydrogens (tertiary/aromatic N) is 1. The number of sulfone groups is 1. The molecule has 4 N–H and O–H groups in total.